The number of fused-ring (bicyclic) bond motifs is 5. The molecule has 0 amide bonds. The van der Waals surface area contributed by atoms with E-state index in [1.807, 2.05) is 0 Å². The third kappa shape index (κ3) is 4.51. The molecule has 6 aromatic rings. The molecule has 230 valence electrons. The molecule has 3 aliphatic rings. The Balaban J connectivity index is 1.19. The van der Waals surface area contributed by atoms with Crippen LogP contribution in [0.5, 0.6) is 0 Å². The summed E-state index contributed by atoms with van der Waals surface area (Å²) < 4.78 is 0. The summed E-state index contributed by atoms with van der Waals surface area (Å²) in [5.41, 5.74) is 9.28. The summed E-state index contributed by atoms with van der Waals surface area (Å²) in [6, 6.07) is 59.4. The van der Waals surface area contributed by atoms with Crippen molar-refractivity contribution in [3.05, 3.63) is 204 Å². The minimum atomic E-state index is -2.60. The van der Waals surface area contributed by atoms with Gasteiger partial charge in [0.05, 0.1) is 6.04 Å². The number of hydrogen-bond acceptors (Lipinski definition) is 1. The molecule has 1 nitrogen and oxygen atoms in total. The number of para-hydroxylation sites is 1. The Morgan fingerprint density at radius 2 is 1.23 bits per heavy atom. The number of nitrogens with zero attached hydrogens (tertiary/aromatic N) is 1. The third-order valence-corrected chi connectivity index (χ3v) is 15.7. The van der Waals surface area contributed by atoms with Crippen LogP contribution in [0.4, 0.5) is 11.4 Å². The van der Waals surface area contributed by atoms with Crippen molar-refractivity contribution >= 4 is 41.1 Å². The van der Waals surface area contributed by atoms with Crippen LogP contribution in [0.2, 0.25) is 0 Å². The van der Waals surface area contributed by atoms with Crippen molar-refractivity contribution in [2.75, 3.05) is 4.90 Å². The Kier molecular flexibility index (Phi) is 7.17. The van der Waals surface area contributed by atoms with Crippen LogP contribution in [0.15, 0.2) is 187 Å². The van der Waals surface area contributed by atoms with Crippen molar-refractivity contribution in [3.63, 3.8) is 0 Å². The van der Waals surface area contributed by atoms with Crippen molar-refractivity contribution in [1.29, 1.82) is 0 Å². The molecule has 0 radical (unpaired) electrons. The van der Waals surface area contributed by atoms with Gasteiger partial charge in [-0.3, -0.25) is 0 Å². The van der Waals surface area contributed by atoms with Crippen molar-refractivity contribution in [1.82, 2.24) is 0 Å². The maximum Gasteiger partial charge on any atom is 0.176 e. The van der Waals surface area contributed by atoms with E-state index in [2.05, 4.69) is 193 Å². The van der Waals surface area contributed by atoms with Gasteiger partial charge in [0.15, 0.2) is 8.07 Å². The van der Waals surface area contributed by atoms with E-state index in [1.54, 1.807) is 5.20 Å². The van der Waals surface area contributed by atoms with Crippen molar-refractivity contribution in [2.45, 2.75) is 24.8 Å². The minimum absolute atomic E-state index is 0.248. The van der Waals surface area contributed by atoms with Gasteiger partial charge in [-0.2, -0.15) is 0 Å². The van der Waals surface area contributed by atoms with Crippen LogP contribution in [0.1, 0.15) is 35.4 Å². The normalized spacial score (nSPS) is 17.8. The molecule has 2 aliphatic carbocycles. The lowest BCUT2D eigenvalue weighted by Crippen LogP contribution is -2.69. The number of hydrogen-bond donors (Lipinski definition) is 0. The average molecular weight is 632 g/mol. The maximum absolute atomic E-state index is 2.60. The molecule has 0 saturated heterocycles. The van der Waals surface area contributed by atoms with Crippen LogP contribution < -0.4 is 20.5 Å². The first-order valence-electron chi connectivity index (χ1n) is 17.2. The molecule has 0 saturated carbocycles. The smallest absolute Gasteiger partial charge is 0.176 e. The molecule has 0 N–H and O–H groups in total. The van der Waals surface area contributed by atoms with Gasteiger partial charge in [-0.15, -0.1) is 0 Å². The zero-order chi connectivity index (χ0) is 31.9. The highest BCUT2D eigenvalue weighted by molar-refractivity contribution is 7.16. The molecule has 6 aromatic carbocycles. The Bertz CT molecular complexity index is 2150. The number of anilines is 2. The second kappa shape index (κ2) is 12.0. The van der Waals surface area contributed by atoms with Crippen LogP contribution in [0, 0.1) is 0 Å². The van der Waals surface area contributed by atoms with Gasteiger partial charge in [-0.1, -0.05) is 175 Å². The average Bonchev–Trinajstić information content (AvgIpc) is 3.52. The van der Waals surface area contributed by atoms with Crippen molar-refractivity contribution in [3.8, 4) is 11.1 Å². The number of rotatable bonds is 6. The van der Waals surface area contributed by atoms with Gasteiger partial charge >= 0.3 is 0 Å². The minimum Gasteiger partial charge on any atom is -0.333 e. The highest BCUT2D eigenvalue weighted by atomic mass is 28.3. The summed E-state index contributed by atoms with van der Waals surface area (Å²) in [5.74, 6) is 0.323. The van der Waals surface area contributed by atoms with E-state index in [1.165, 1.54) is 54.8 Å². The first-order valence-corrected chi connectivity index (χ1v) is 19.2. The predicted octanol–water partition coefficient (Wildman–Crippen LogP) is 9.32. The van der Waals surface area contributed by atoms with Gasteiger partial charge < -0.3 is 4.90 Å². The van der Waals surface area contributed by atoms with E-state index < -0.39 is 8.07 Å². The molecular formula is C46H37NSi. The summed E-state index contributed by atoms with van der Waals surface area (Å²) in [4.78, 5) is 2.55. The zero-order valence-electron chi connectivity index (χ0n) is 26.9. The molecule has 2 atom stereocenters. The fraction of sp³-hybridized carbons (Fsp3) is 0.0870. The molecule has 0 spiro atoms. The highest BCUT2D eigenvalue weighted by Gasteiger charge is 2.44. The molecule has 0 aromatic heterocycles. The number of benzene rings is 6. The Morgan fingerprint density at radius 3 is 1.96 bits per heavy atom. The van der Waals surface area contributed by atoms with Crippen molar-refractivity contribution < 1.29 is 0 Å². The highest BCUT2D eigenvalue weighted by Crippen LogP contribution is 2.51. The molecule has 1 heterocycles. The predicted molar refractivity (Wildman–Crippen MR) is 206 cm³/mol. The van der Waals surface area contributed by atoms with Gasteiger partial charge in [0.1, 0.15) is 0 Å². The van der Waals surface area contributed by atoms with E-state index in [9.17, 15) is 0 Å². The van der Waals surface area contributed by atoms with E-state index in [-0.39, 0.29) is 6.04 Å². The summed E-state index contributed by atoms with van der Waals surface area (Å²) >= 11 is 0. The molecule has 48 heavy (non-hydrogen) atoms. The Hall–Kier alpha value is -5.44. The lowest BCUT2D eigenvalue weighted by atomic mass is 9.81. The van der Waals surface area contributed by atoms with E-state index in [4.69, 9.17) is 0 Å². The van der Waals surface area contributed by atoms with Gasteiger partial charge in [0.25, 0.3) is 0 Å². The van der Waals surface area contributed by atoms with E-state index >= 15 is 0 Å². The largest absolute Gasteiger partial charge is 0.333 e. The van der Waals surface area contributed by atoms with E-state index in [0.29, 0.717) is 5.92 Å². The summed E-state index contributed by atoms with van der Waals surface area (Å²) in [5, 5.41) is 5.89. The lowest BCUT2D eigenvalue weighted by molar-refractivity contribution is 0.724. The summed E-state index contributed by atoms with van der Waals surface area (Å²) in [7, 11) is -2.60. The second-order valence-corrected chi connectivity index (χ2v) is 17.0. The zero-order valence-corrected chi connectivity index (χ0v) is 27.9. The first-order chi connectivity index (χ1) is 23.8. The monoisotopic (exact) mass is 631 g/mol. The Labute approximate surface area is 284 Å². The van der Waals surface area contributed by atoms with Gasteiger partial charge in [0, 0.05) is 17.3 Å². The molecule has 0 bridgehead atoms. The molecule has 1 aliphatic heterocycles. The molecule has 2 heteroatoms. The lowest BCUT2D eigenvalue weighted by Gasteiger charge is -2.38. The summed E-state index contributed by atoms with van der Waals surface area (Å²) in [6.45, 7) is 0. The van der Waals surface area contributed by atoms with Crippen LogP contribution in [0.25, 0.3) is 17.2 Å². The maximum atomic E-state index is 2.55. The number of allylic oxidation sites excluding steroid dienone is 4. The van der Waals surface area contributed by atoms with Crippen LogP contribution >= 0.6 is 0 Å². The summed E-state index contributed by atoms with van der Waals surface area (Å²) in [6.07, 6.45) is 13.9. The van der Waals surface area contributed by atoms with Crippen LogP contribution in [0.3, 0.4) is 0 Å². The second-order valence-electron chi connectivity index (χ2n) is 13.1. The van der Waals surface area contributed by atoms with Crippen LogP contribution in [-0.4, -0.2) is 14.1 Å². The van der Waals surface area contributed by atoms with Crippen molar-refractivity contribution in [2.24, 2.45) is 0 Å². The van der Waals surface area contributed by atoms with Crippen LogP contribution in [-0.2, 0) is 0 Å². The standard InChI is InChI=1S/C46H37NSi/c1-4-17-37(18-5-1)48(38-19-6-2-7-20-38,39-21-8-3-9-22-39)45-27-15-13-23-40(45)35-28-31-36(32-29-35)47-43-26-14-12-25-42(43)46-41-24-11-10-16-34(41)30-33-44(46)47/h1-8,10-21,23-33,44,46H,9,22H2. The van der Waals surface area contributed by atoms with E-state index in [0.717, 1.165) is 12.8 Å². The van der Waals surface area contributed by atoms with Gasteiger partial charge in [0.2, 0.25) is 0 Å². The molecule has 0 fully saturated rings. The first kappa shape index (κ1) is 28.8. The third-order valence-electron chi connectivity index (χ3n) is 10.7. The fourth-order valence-electron chi connectivity index (χ4n) is 8.65. The topological polar surface area (TPSA) is 3.24 Å². The molecular weight excluding hydrogens is 595 g/mol. The quantitative estimate of drug-likeness (QED) is 0.131. The molecule has 2 unspecified atom stereocenters. The van der Waals surface area contributed by atoms with Gasteiger partial charge in [-0.25, -0.2) is 0 Å². The SMILES string of the molecule is C1=CCCC([Si](c2ccccc2)(c2ccccc2)c2ccccc2-c2ccc(N3c4ccccc4C4c5ccccc5C=CC43)cc2)=C1. The van der Waals surface area contributed by atoms with Gasteiger partial charge in [-0.05, 0) is 74.4 Å². The fourth-order valence-corrected chi connectivity index (χ4v) is 13.9. The Morgan fingerprint density at radius 1 is 0.583 bits per heavy atom. The molecule has 9 rings (SSSR count).